The average molecular weight is 1420 g/mol. The van der Waals surface area contributed by atoms with Crippen LogP contribution in [-0.4, -0.2) is 84.5 Å². The minimum atomic E-state index is -2.29. The Morgan fingerprint density at radius 2 is 0.698 bits per heavy atom. The van der Waals surface area contributed by atoms with Gasteiger partial charge in [-0.25, -0.2) is 29.9 Å². The third kappa shape index (κ3) is 11.2. The molecule has 14 heterocycles. The highest BCUT2D eigenvalue weighted by Gasteiger charge is 2.41. The van der Waals surface area contributed by atoms with E-state index in [1.54, 1.807) is 24.5 Å². The Bertz CT molecular complexity index is 5820. The van der Waals surface area contributed by atoms with E-state index in [9.17, 15) is 0 Å². The Kier molecular flexibility index (Phi) is 15.4. The zero-order valence-corrected chi connectivity index (χ0v) is 63.4. The largest absolute Gasteiger partial charge is 0.435 e. The van der Waals surface area contributed by atoms with Gasteiger partial charge in [0.2, 0.25) is 22.9 Å². The van der Waals surface area contributed by atoms with Crippen molar-refractivity contribution in [2.24, 2.45) is 0 Å². The molecule has 4 aliphatic rings. The summed E-state index contributed by atoms with van der Waals surface area (Å²) in [5.74, 6) is 1.46. The van der Waals surface area contributed by atoms with Gasteiger partial charge in [0.15, 0.2) is 34.0 Å². The van der Waals surface area contributed by atoms with Gasteiger partial charge >= 0.3 is 0 Å². The Morgan fingerprint density at radius 3 is 1.11 bits per heavy atom. The molecule has 4 atom stereocenters. The molecule has 18 heteroatoms. The molecule has 0 amide bonds. The number of aryl methyl sites for hydroxylation is 8. The van der Waals surface area contributed by atoms with Gasteiger partial charge < -0.3 is 56.9 Å². The number of fused-ring (bicyclic) bond motifs is 15. The summed E-state index contributed by atoms with van der Waals surface area (Å²) < 4.78 is 74.9. The predicted molar refractivity (Wildman–Crippen MR) is 435 cm³/mol. The summed E-state index contributed by atoms with van der Waals surface area (Å²) in [6.07, 6.45) is 6.99. The molecule has 4 aliphatic heterocycles. The second-order valence-electron chi connectivity index (χ2n) is 28.9. The van der Waals surface area contributed by atoms with E-state index in [4.69, 9.17) is 30.9 Å². The molecule has 19 rings (SSSR count). The van der Waals surface area contributed by atoms with E-state index >= 15 is 0 Å². The van der Waals surface area contributed by atoms with Crippen molar-refractivity contribution in [1.82, 2.24) is 34.8 Å². The second kappa shape index (κ2) is 26.5. The number of rotatable bonds is 7. The number of nitrogens with zero attached hydrogens (tertiary/aromatic N) is 14. The number of pyridine rings is 6. The number of hydrogen-bond donors (Lipinski definition) is 0. The summed E-state index contributed by atoms with van der Waals surface area (Å²) in [5, 5.41) is 8.16. The van der Waals surface area contributed by atoms with Crippen molar-refractivity contribution in [1.29, 1.82) is 0 Å². The highest BCUT2D eigenvalue weighted by atomic mass is 16.4. The van der Waals surface area contributed by atoms with Crippen LogP contribution in [0.1, 0.15) is 122 Å². The molecule has 0 aliphatic carbocycles. The molecule has 106 heavy (non-hydrogen) atoms. The maximum Gasteiger partial charge on any atom is 0.227 e. The van der Waals surface area contributed by atoms with Crippen molar-refractivity contribution in [3.05, 3.63) is 215 Å². The van der Waals surface area contributed by atoms with Gasteiger partial charge in [-0.2, -0.15) is 0 Å². The van der Waals surface area contributed by atoms with Gasteiger partial charge in [0.05, 0.1) is 49.6 Å². The van der Waals surface area contributed by atoms with Crippen molar-refractivity contribution in [2.45, 2.75) is 167 Å². The molecule has 0 saturated heterocycles. The summed E-state index contributed by atoms with van der Waals surface area (Å²) >= 11 is 0. The fourth-order valence-electron chi connectivity index (χ4n) is 16.1. The van der Waals surface area contributed by atoms with E-state index in [-0.39, 0.29) is 18.5 Å². The van der Waals surface area contributed by atoms with Crippen molar-refractivity contribution in [3.63, 3.8) is 0 Å². The van der Waals surface area contributed by atoms with Crippen LogP contribution in [0, 0.1) is 55.4 Å². The quantitative estimate of drug-likeness (QED) is 0.148. The third-order valence-corrected chi connectivity index (χ3v) is 21.1. The molecule has 15 aromatic rings. The van der Waals surface area contributed by atoms with Crippen LogP contribution in [-0.2, 0) is 0 Å². The molecule has 10 aromatic heterocycles. The van der Waals surface area contributed by atoms with E-state index in [0.717, 1.165) is 150 Å². The van der Waals surface area contributed by atoms with E-state index in [0.29, 0.717) is 39.9 Å². The normalized spacial score (nSPS) is 18.1. The van der Waals surface area contributed by atoms with Crippen LogP contribution < -0.4 is 34.3 Å². The van der Waals surface area contributed by atoms with Crippen molar-refractivity contribution < 1.29 is 25.9 Å². The van der Waals surface area contributed by atoms with Crippen LogP contribution in [0.3, 0.4) is 0 Å². The number of hydrogen-bond acceptors (Lipinski definition) is 18. The van der Waals surface area contributed by atoms with Gasteiger partial charge in [-0.1, -0.05) is 60.7 Å². The summed E-state index contributed by atoms with van der Waals surface area (Å²) in [4.78, 5) is 43.8. The third-order valence-electron chi connectivity index (χ3n) is 21.1. The lowest BCUT2D eigenvalue weighted by atomic mass is 10.1. The first kappa shape index (κ1) is 61.8. The molecule has 0 radical (unpaired) electrons. The van der Waals surface area contributed by atoms with E-state index < -0.39 is 31.2 Å². The lowest BCUT2D eigenvalue weighted by Crippen LogP contribution is -2.42. The molecule has 0 fully saturated rings. The molecular weight excluding hydrogens is 1320 g/mol. The van der Waals surface area contributed by atoms with Crippen LogP contribution in [0.25, 0.3) is 88.3 Å². The summed E-state index contributed by atoms with van der Waals surface area (Å²) in [7, 11) is 0. The Labute approximate surface area is 627 Å². The molecule has 538 valence electrons. The molecule has 4 unspecified atom stereocenters. The molecule has 5 aromatic carbocycles. The number of benzene rings is 5. The van der Waals surface area contributed by atoms with Gasteiger partial charge in [0, 0.05) is 120 Å². The molecule has 0 saturated carbocycles. The molecule has 0 N–H and O–H groups in total. The average Bonchev–Trinajstić information content (AvgIpc) is 1.60. The summed E-state index contributed by atoms with van der Waals surface area (Å²) in [5.41, 5.74) is 21.4. The first-order valence-corrected chi connectivity index (χ1v) is 36.3. The van der Waals surface area contributed by atoms with Gasteiger partial charge in [0.25, 0.3) is 0 Å². The van der Waals surface area contributed by atoms with Gasteiger partial charge in [-0.05, 0) is 232 Å². The van der Waals surface area contributed by atoms with E-state index in [1.165, 1.54) is 4.90 Å². The van der Waals surface area contributed by atoms with Crippen molar-refractivity contribution in [3.8, 4) is 0 Å². The smallest absolute Gasteiger partial charge is 0.227 e. The monoisotopic (exact) mass is 1410 g/mol. The minimum Gasteiger partial charge on any atom is -0.435 e. The van der Waals surface area contributed by atoms with Crippen LogP contribution in [0.2, 0.25) is 0 Å². The van der Waals surface area contributed by atoms with Crippen molar-refractivity contribution >= 4 is 145 Å². The maximum atomic E-state index is 8.74. The fourth-order valence-corrected chi connectivity index (χ4v) is 16.1. The molecule has 0 spiro atoms. The maximum absolute atomic E-state index is 8.74. The van der Waals surface area contributed by atoms with Crippen LogP contribution >= 0.6 is 0 Å². The first-order valence-electron chi connectivity index (χ1n) is 39.3. The summed E-state index contributed by atoms with van der Waals surface area (Å²) in [6, 6.07) is 46.6. The van der Waals surface area contributed by atoms with Crippen molar-refractivity contribution in [2.75, 3.05) is 41.3 Å². The molecule has 0 bridgehead atoms. The predicted octanol–water partition coefficient (Wildman–Crippen LogP) is 21.9. The standard InChI is InChI=1S/C24H25N3O.C23H24N4O.C21H20N4O.C20H23N3O/c1-14(2)26-17(5)27(21-9-7-6-8-20(21)26)22-15(3)10-12-18-19-13-11-16(4)25-24(19)28-23(18)22;1-13(2)26-16(5)27(22-19(26)7-6-12-24-22)20-14(3)8-10-17-18-11-9-15(4)25-23(18)28-21(17)20;1-12-7-9-15-16-10-8-13(2)23-21(16)26-19(15)18(12)25-14(3)24(4)17-6-5-11-22-20(17)25;1-12(2)22-10-11-23(15(22)5)18-13(3)6-8-16-17-9-7-14(4)21-20(17)24-19(16)18/h6-14,17H,1-5H3;6-13,16H,1-5H3;5-11,14H,1-4H3;6-12,15H,1-5H3/i14D;13D;4D3;12D. The van der Waals surface area contributed by atoms with Crippen LogP contribution in [0.5, 0.6) is 0 Å². The van der Waals surface area contributed by atoms with Crippen LogP contribution in [0.15, 0.2) is 188 Å². The number of para-hydroxylation sites is 2. The summed E-state index contributed by atoms with van der Waals surface area (Å²) in [6.45, 7) is 33.6. The Morgan fingerprint density at radius 1 is 0.349 bits per heavy atom. The highest BCUT2D eigenvalue weighted by molar-refractivity contribution is 6.13. The van der Waals surface area contributed by atoms with Gasteiger partial charge in [-0.3, -0.25) is 0 Å². The topological polar surface area (TPSA) is 156 Å². The Hall–Kier alpha value is -11.7. The van der Waals surface area contributed by atoms with Crippen LogP contribution in [0.4, 0.5) is 57.1 Å². The lowest BCUT2D eigenvalue weighted by molar-refractivity contribution is 0.263. The number of anilines is 10. The molecular formula is C88H92N14O4. The second-order valence-corrected chi connectivity index (χ2v) is 28.9. The molecule has 18 nitrogen and oxygen atoms in total. The van der Waals surface area contributed by atoms with Gasteiger partial charge in [0.1, 0.15) is 24.7 Å². The SMILES string of the molecule is [2H]C(C)(C)N1C=CN(c2c(C)ccc3c2oc2nc(C)ccc23)C1C.[2H]C(C)(C)N1c2ccccc2N(c2c(C)ccc3c2oc2nc(C)ccc23)C1C.[2H]C(C)(C)N1c2cccnc2N(c2c(C)ccc3c2oc2nc(C)ccc23)C1C.[2H]C([2H])([2H])N1c2cccnc2N(c2c(C)ccc3c2oc2nc(C)ccc23)C1C. The lowest BCUT2D eigenvalue weighted by Gasteiger charge is -2.33. The first-order chi connectivity index (χ1) is 53.1. The fraction of sp³-hybridized carbons (Fsp3) is 0.295. The number of furan rings is 4. The zero-order valence-electron chi connectivity index (χ0n) is 69.4. The minimum absolute atomic E-state index is 0.0212. The number of aromatic nitrogens is 6. The highest BCUT2D eigenvalue weighted by Crippen LogP contribution is 2.52. The van der Waals surface area contributed by atoms with E-state index in [1.807, 2.05) is 166 Å². The van der Waals surface area contributed by atoms with Gasteiger partial charge in [-0.15, -0.1) is 0 Å². The van der Waals surface area contributed by atoms with E-state index in [2.05, 4.69) is 164 Å². The zero-order chi connectivity index (χ0) is 79.4. The Balaban J connectivity index is 0.000000113.